The monoisotopic (exact) mass is 271 g/mol. The Morgan fingerprint density at radius 3 is 2.55 bits per heavy atom. The van der Waals surface area contributed by atoms with E-state index in [1.165, 1.54) is 43.9 Å². The Morgan fingerprint density at radius 2 is 1.85 bits per heavy atom. The maximum Gasteiger partial charge on any atom is 0.124 e. The Morgan fingerprint density at radius 1 is 1.10 bits per heavy atom. The van der Waals surface area contributed by atoms with Crippen molar-refractivity contribution in [1.82, 2.24) is 5.32 Å². The van der Waals surface area contributed by atoms with E-state index in [0.717, 1.165) is 23.3 Å². The first-order valence-corrected chi connectivity index (χ1v) is 7.68. The number of allylic oxidation sites excluding steroid dienone is 2. The van der Waals surface area contributed by atoms with Gasteiger partial charge in [0.15, 0.2) is 0 Å². The van der Waals surface area contributed by atoms with Gasteiger partial charge in [0.2, 0.25) is 0 Å². The number of hydrogen-bond acceptors (Lipinski definition) is 3. The average molecular weight is 271 g/mol. The van der Waals surface area contributed by atoms with Crippen molar-refractivity contribution in [2.75, 3.05) is 0 Å². The second-order valence-corrected chi connectivity index (χ2v) is 6.61. The van der Waals surface area contributed by atoms with Gasteiger partial charge >= 0.3 is 0 Å². The molecular formula is C17H21NO2. The van der Waals surface area contributed by atoms with Gasteiger partial charge in [-0.2, -0.15) is 0 Å². The summed E-state index contributed by atoms with van der Waals surface area (Å²) in [7, 11) is 0. The molecule has 2 atom stereocenters. The van der Waals surface area contributed by atoms with Gasteiger partial charge in [-0.15, -0.1) is 0 Å². The van der Waals surface area contributed by atoms with Crippen LogP contribution in [0.1, 0.15) is 37.7 Å². The molecule has 4 aliphatic rings. The van der Waals surface area contributed by atoms with Crippen molar-refractivity contribution in [2.24, 2.45) is 17.8 Å². The summed E-state index contributed by atoms with van der Waals surface area (Å²) in [6.45, 7) is 0.650. The van der Waals surface area contributed by atoms with Crippen molar-refractivity contribution in [3.05, 3.63) is 35.0 Å². The molecule has 2 unspecified atom stereocenters. The molecule has 0 aliphatic heterocycles. The SMILES string of the molecule is Oc1ccc(CNC2=C3C4CCC3CC(C2)C4)c(O)c1. The van der Waals surface area contributed by atoms with Crippen molar-refractivity contribution in [3.63, 3.8) is 0 Å². The minimum atomic E-state index is 0.114. The molecule has 0 spiro atoms. The average Bonchev–Trinajstić information content (AvgIpc) is 2.74. The largest absolute Gasteiger partial charge is 0.508 e. The first-order valence-electron chi connectivity index (χ1n) is 7.68. The molecule has 3 N–H and O–H groups in total. The van der Waals surface area contributed by atoms with Crippen LogP contribution in [0.25, 0.3) is 0 Å². The lowest BCUT2D eigenvalue weighted by molar-refractivity contribution is 0.281. The summed E-state index contributed by atoms with van der Waals surface area (Å²) in [5.74, 6) is 2.84. The third-order valence-electron chi connectivity index (χ3n) is 5.38. The second-order valence-electron chi connectivity index (χ2n) is 6.61. The molecule has 2 fully saturated rings. The maximum atomic E-state index is 9.85. The third kappa shape index (κ3) is 1.88. The summed E-state index contributed by atoms with van der Waals surface area (Å²) in [5.41, 5.74) is 4.00. The molecule has 2 saturated carbocycles. The molecule has 5 rings (SSSR count). The first-order chi connectivity index (χ1) is 9.70. The number of benzene rings is 1. The normalized spacial score (nSPS) is 30.9. The van der Waals surface area contributed by atoms with E-state index in [4.69, 9.17) is 0 Å². The van der Waals surface area contributed by atoms with Crippen LogP contribution in [0.4, 0.5) is 0 Å². The quantitative estimate of drug-likeness (QED) is 0.790. The molecule has 3 nitrogen and oxygen atoms in total. The van der Waals surface area contributed by atoms with Gasteiger partial charge in [-0.3, -0.25) is 0 Å². The molecule has 3 heteroatoms. The van der Waals surface area contributed by atoms with Crippen molar-refractivity contribution >= 4 is 0 Å². The van der Waals surface area contributed by atoms with Gasteiger partial charge in [0.25, 0.3) is 0 Å². The molecule has 4 aliphatic carbocycles. The Bertz CT molecular complexity index is 562. The van der Waals surface area contributed by atoms with Crippen LogP contribution in [-0.4, -0.2) is 10.2 Å². The van der Waals surface area contributed by atoms with Crippen LogP contribution in [0, 0.1) is 17.8 Å². The van der Waals surface area contributed by atoms with Crippen LogP contribution < -0.4 is 5.32 Å². The third-order valence-corrected chi connectivity index (χ3v) is 5.38. The van der Waals surface area contributed by atoms with E-state index in [0.29, 0.717) is 6.54 Å². The summed E-state index contributed by atoms with van der Waals surface area (Å²) < 4.78 is 0. The standard InChI is InChI=1S/C17H21NO2/c19-14-4-3-13(16(20)8-14)9-18-15-7-10-5-11-1-2-12(6-10)17(11)15/h3-4,8,10-12,18-20H,1-2,5-7,9H2. The summed E-state index contributed by atoms with van der Waals surface area (Å²) >= 11 is 0. The molecule has 0 heterocycles. The highest BCUT2D eigenvalue weighted by Crippen LogP contribution is 2.55. The van der Waals surface area contributed by atoms with E-state index in [1.54, 1.807) is 17.7 Å². The lowest BCUT2D eigenvalue weighted by atomic mass is 9.69. The zero-order valence-corrected chi connectivity index (χ0v) is 11.6. The molecule has 4 bridgehead atoms. The van der Waals surface area contributed by atoms with E-state index >= 15 is 0 Å². The molecule has 0 amide bonds. The van der Waals surface area contributed by atoms with Crippen molar-refractivity contribution in [3.8, 4) is 11.5 Å². The highest BCUT2D eigenvalue weighted by atomic mass is 16.3. The fourth-order valence-corrected chi connectivity index (χ4v) is 4.58. The van der Waals surface area contributed by atoms with Crippen molar-refractivity contribution in [2.45, 2.75) is 38.6 Å². The van der Waals surface area contributed by atoms with Crippen LogP contribution in [0.15, 0.2) is 29.5 Å². The number of aromatic hydroxyl groups is 2. The Balaban J connectivity index is 1.54. The van der Waals surface area contributed by atoms with Crippen LogP contribution in [0.3, 0.4) is 0 Å². The number of phenolic OH excluding ortho intramolecular Hbond substituents is 2. The van der Waals surface area contributed by atoms with Crippen LogP contribution in [-0.2, 0) is 6.54 Å². The summed E-state index contributed by atoms with van der Waals surface area (Å²) in [6, 6.07) is 4.83. The summed E-state index contributed by atoms with van der Waals surface area (Å²) in [6.07, 6.45) is 6.77. The number of rotatable bonds is 3. The van der Waals surface area contributed by atoms with E-state index < -0.39 is 0 Å². The molecule has 0 saturated heterocycles. The topological polar surface area (TPSA) is 52.5 Å². The minimum Gasteiger partial charge on any atom is -0.508 e. The minimum absolute atomic E-state index is 0.114. The van der Waals surface area contributed by atoms with Crippen molar-refractivity contribution in [1.29, 1.82) is 0 Å². The molecular weight excluding hydrogens is 250 g/mol. The van der Waals surface area contributed by atoms with E-state index in [1.807, 2.05) is 0 Å². The van der Waals surface area contributed by atoms with Gasteiger partial charge in [-0.25, -0.2) is 0 Å². The van der Waals surface area contributed by atoms with Crippen LogP contribution >= 0.6 is 0 Å². The number of nitrogens with one attached hydrogen (secondary N) is 1. The number of phenols is 2. The molecule has 0 aromatic heterocycles. The van der Waals surface area contributed by atoms with Crippen LogP contribution in [0.5, 0.6) is 11.5 Å². The molecule has 1 aromatic carbocycles. The maximum absolute atomic E-state index is 9.85. The lowest BCUT2D eigenvalue weighted by Crippen LogP contribution is -2.32. The van der Waals surface area contributed by atoms with Gasteiger partial charge < -0.3 is 15.5 Å². The second kappa shape index (κ2) is 4.44. The molecule has 1 aromatic rings. The highest BCUT2D eigenvalue weighted by Gasteiger charge is 2.44. The van der Waals surface area contributed by atoms with Gasteiger partial charge in [0.1, 0.15) is 11.5 Å². The summed E-state index contributed by atoms with van der Waals surface area (Å²) in [5, 5.41) is 22.7. The Labute approximate surface area is 119 Å². The number of fused-ring (bicyclic) bond motifs is 1. The van der Waals surface area contributed by atoms with E-state index in [2.05, 4.69) is 5.32 Å². The smallest absolute Gasteiger partial charge is 0.124 e. The van der Waals surface area contributed by atoms with E-state index in [9.17, 15) is 10.2 Å². The Kier molecular flexibility index (Phi) is 2.69. The lowest BCUT2D eigenvalue weighted by Gasteiger charge is -2.39. The zero-order valence-electron chi connectivity index (χ0n) is 11.6. The fourth-order valence-electron chi connectivity index (χ4n) is 4.58. The molecule has 20 heavy (non-hydrogen) atoms. The Hall–Kier alpha value is -1.64. The predicted molar refractivity (Wildman–Crippen MR) is 77.2 cm³/mol. The van der Waals surface area contributed by atoms with E-state index in [-0.39, 0.29) is 11.5 Å². The van der Waals surface area contributed by atoms with Gasteiger partial charge in [0, 0.05) is 23.9 Å². The van der Waals surface area contributed by atoms with Gasteiger partial charge in [-0.05, 0) is 67.6 Å². The fraction of sp³-hybridized carbons (Fsp3) is 0.529. The predicted octanol–water partition coefficient (Wildman–Crippen LogP) is 3.28. The first kappa shape index (κ1) is 12.1. The van der Waals surface area contributed by atoms with Crippen LogP contribution in [0.2, 0.25) is 0 Å². The summed E-state index contributed by atoms with van der Waals surface area (Å²) in [4.78, 5) is 0. The van der Waals surface area contributed by atoms with Gasteiger partial charge in [-0.1, -0.05) is 0 Å². The molecule has 106 valence electrons. The number of hydrogen-bond donors (Lipinski definition) is 3. The highest BCUT2D eigenvalue weighted by molar-refractivity contribution is 5.39. The van der Waals surface area contributed by atoms with Gasteiger partial charge in [0.05, 0.1) is 0 Å². The van der Waals surface area contributed by atoms with Crippen molar-refractivity contribution < 1.29 is 10.2 Å². The molecule has 0 radical (unpaired) electrons. The zero-order chi connectivity index (χ0) is 13.7.